The van der Waals surface area contributed by atoms with Crippen molar-refractivity contribution in [1.29, 1.82) is 0 Å². The van der Waals surface area contributed by atoms with Crippen LogP contribution >= 0.6 is 23.2 Å². The summed E-state index contributed by atoms with van der Waals surface area (Å²) in [5.41, 5.74) is 1.58. The summed E-state index contributed by atoms with van der Waals surface area (Å²) < 4.78 is 23.6. The zero-order valence-corrected chi connectivity index (χ0v) is 18.2. The minimum atomic E-state index is -0.741. The molecule has 1 saturated heterocycles. The van der Waals surface area contributed by atoms with Gasteiger partial charge >= 0.3 is 5.82 Å². The monoisotopic (exact) mass is 472 g/mol. The molecule has 0 bridgehead atoms. The third-order valence-electron chi connectivity index (χ3n) is 5.18. The summed E-state index contributed by atoms with van der Waals surface area (Å²) in [7, 11) is 0. The van der Waals surface area contributed by atoms with E-state index in [9.17, 15) is 9.18 Å². The molecule has 0 amide bonds. The van der Waals surface area contributed by atoms with Gasteiger partial charge in [-0.15, -0.1) is 0 Å². The van der Waals surface area contributed by atoms with E-state index in [1.165, 1.54) is 17.0 Å². The van der Waals surface area contributed by atoms with Crippen molar-refractivity contribution in [2.24, 2.45) is 0 Å². The number of nitrogens with one attached hydrogen (secondary N) is 1. The Bertz CT molecular complexity index is 1040. The minimum Gasteiger partial charge on any atom is -1.00 e. The SMILES string of the molecule is O=c1oc(CC[NH+]2CCN(c3cc(Cl)ccc3Cl)CC2)c(-c2ccc(F)cc2)o1.[Cl-]. The molecule has 4 rings (SSSR count). The van der Waals surface area contributed by atoms with Crippen LogP contribution in [0.15, 0.2) is 56.1 Å². The second-order valence-electron chi connectivity index (χ2n) is 7.05. The molecular weight excluding hydrogens is 454 g/mol. The number of benzene rings is 2. The lowest BCUT2D eigenvalue weighted by molar-refractivity contribution is -0.900. The van der Waals surface area contributed by atoms with E-state index in [4.69, 9.17) is 32.0 Å². The van der Waals surface area contributed by atoms with Crippen LogP contribution in [0, 0.1) is 5.82 Å². The zero-order valence-electron chi connectivity index (χ0n) is 16.0. The summed E-state index contributed by atoms with van der Waals surface area (Å²) in [5.74, 6) is -0.217. The van der Waals surface area contributed by atoms with Crippen LogP contribution in [-0.2, 0) is 6.42 Å². The number of quaternary nitrogens is 1. The largest absolute Gasteiger partial charge is 1.00 e. The third kappa shape index (κ3) is 5.19. The standard InChI is InChI=1S/C21H19Cl2FN2O3.ClH/c22-15-3-6-17(23)18(13-15)26-11-9-25(10-12-26)8-7-19-20(29-21(27)28-19)14-1-4-16(24)5-2-14;/h1-6,13H,7-12H2;1H. The number of nitrogens with zero attached hydrogens (tertiary/aromatic N) is 1. The summed E-state index contributed by atoms with van der Waals surface area (Å²) in [5, 5.41) is 1.37. The second kappa shape index (κ2) is 9.88. The van der Waals surface area contributed by atoms with E-state index in [-0.39, 0.29) is 18.2 Å². The predicted octanol–water partition coefficient (Wildman–Crippen LogP) is 0.297. The lowest BCUT2D eigenvalue weighted by Gasteiger charge is -2.34. The van der Waals surface area contributed by atoms with Crippen molar-refractivity contribution in [2.45, 2.75) is 6.42 Å². The molecule has 2 aromatic carbocycles. The van der Waals surface area contributed by atoms with E-state index < -0.39 is 5.82 Å². The number of halogens is 4. The van der Waals surface area contributed by atoms with Crippen molar-refractivity contribution >= 4 is 28.9 Å². The highest BCUT2D eigenvalue weighted by Gasteiger charge is 2.23. The van der Waals surface area contributed by atoms with Gasteiger partial charge in [-0.3, -0.25) is 0 Å². The molecule has 1 aliphatic heterocycles. The Labute approximate surface area is 189 Å². The van der Waals surface area contributed by atoms with Gasteiger partial charge in [0, 0.05) is 10.6 Å². The molecule has 0 saturated carbocycles. The van der Waals surface area contributed by atoms with Crippen LogP contribution in [0.1, 0.15) is 5.76 Å². The maximum Gasteiger partial charge on any atom is 0.519 e. The highest BCUT2D eigenvalue weighted by atomic mass is 35.5. The molecular formula is C21H20Cl3FN2O3. The molecule has 0 atom stereocenters. The molecule has 9 heteroatoms. The summed E-state index contributed by atoms with van der Waals surface area (Å²) >= 11 is 12.4. The van der Waals surface area contributed by atoms with Crippen molar-refractivity contribution in [1.82, 2.24) is 0 Å². The molecule has 0 aliphatic carbocycles. The van der Waals surface area contributed by atoms with Crippen LogP contribution in [0.5, 0.6) is 0 Å². The van der Waals surface area contributed by atoms with Gasteiger partial charge in [-0.2, -0.15) is 0 Å². The van der Waals surface area contributed by atoms with Gasteiger partial charge in [0.1, 0.15) is 5.82 Å². The van der Waals surface area contributed by atoms with Crippen molar-refractivity contribution in [3.63, 3.8) is 0 Å². The average Bonchev–Trinajstić information content (AvgIpc) is 3.10. The lowest BCUT2D eigenvalue weighted by Crippen LogP contribution is -3.15. The zero-order chi connectivity index (χ0) is 20.4. The second-order valence-corrected chi connectivity index (χ2v) is 7.89. The molecule has 1 N–H and O–H groups in total. The highest BCUT2D eigenvalue weighted by Crippen LogP contribution is 2.29. The first-order valence-corrected chi connectivity index (χ1v) is 10.2. The smallest absolute Gasteiger partial charge is 0.519 e. The first-order valence-electron chi connectivity index (χ1n) is 9.42. The van der Waals surface area contributed by atoms with Gasteiger partial charge in [-0.25, -0.2) is 9.18 Å². The van der Waals surface area contributed by atoms with Crippen molar-refractivity contribution in [2.75, 3.05) is 37.6 Å². The van der Waals surface area contributed by atoms with E-state index in [1.54, 1.807) is 18.2 Å². The van der Waals surface area contributed by atoms with Gasteiger partial charge in [0.25, 0.3) is 0 Å². The first kappa shape index (κ1) is 22.7. The van der Waals surface area contributed by atoms with Crippen molar-refractivity contribution in [3.05, 3.63) is 74.7 Å². The van der Waals surface area contributed by atoms with Gasteiger partial charge in [0.15, 0.2) is 11.5 Å². The van der Waals surface area contributed by atoms with Gasteiger partial charge < -0.3 is 31.0 Å². The van der Waals surface area contributed by atoms with E-state index in [1.807, 2.05) is 12.1 Å². The lowest BCUT2D eigenvalue weighted by atomic mass is 10.1. The van der Waals surface area contributed by atoms with Gasteiger partial charge in [-0.05, 0) is 42.5 Å². The summed E-state index contributed by atoms with van der Waals surface area (Å²) in [4.78, 5) is 15.2. The fraction of sp³-hybridized carbons (Fsp3) is 0.286. The van der Waals surface area contributed by atoms with Crippen LogP contribution < -0.4 is 28.0 Å². The molecule has 1 fully saturated rings. The number of hydrogen-bond donors (Lipinski definition) is 1. The molecule has 160 valence electrons. The number of piperazine rings is 1. The topological polar surface area (TPSA) is 51.0 Å². The molecule has 0 unspecified atom stereocenters. The average molecular weight is 474 g/mol. The summed E-state index contributed by atoms with van der Waals surface area (Å²) in [6.45, 7) is 4.37. The maximum absolute atomic E-state index is 13.2. The van der Waals surface area contributed by atoms with Crippen LogP contribution in [0.3, 0.4) is 0 Å². The molecule has 30 heavy (non-hydrogen) atoms. The highest BCUT2D eigenvalue weighted by molar-refractivity contribution is 6.35. The van der Waals surface area contributed by atoms with Gasteiger partial charge in [0.2, 0.25) is 0 Å². The van der Waals surface area contributed by atoms with Crippen molar-refractivity contribution < 1.29 is 30.5 Å². The van der Waals surface area contributed by atoms with Crippen LogP contribution in [0.2, 0.25) is 10.0 Å². The van der Waals surface area contributed by atoms with Crippen molar-refractivity contribution in [3.8, 4) is 11.3 Å². The fourth-order valence-electron chi connectivity index (χ4n) is 3.63. The molecule has 1 aromatic heterocycles. The summed E-state index contributed by atoms with van der Waals surface area (Å²) in [6.07, 6.45) is 0.561. The van der Waals surface area contributed by atoms with E-state index in [2.05, 4.69) is 4.90 Å². The molecule has 2 heterocycles. The Balaban J connectivity index is 0.00000256. The van der Waals surface area contributed by atoms with Gasteiger partial charge in [0.05, 0.1) is 49.9 Å². The Kier molecular flexibility index (Phi) is 7.47. The van der Waals surface area contributed by atoms with E-state index in [0.717, 1.165) is 38.4 Å². The Morgan fingerprint density at radius 2 is 1.73 bits per heavy atom. The normalized spacial score (nSPS) is 14.6. The van der Waals surface area contributed by atoms with Crippen LogP contribution in [0.4, 0.5) is 10.1 Å². The minimum absolute atomic E-state index is 0. The third-order valence-corrected chi connectivity index (χ3v) is 5.73. The molecule has 0 radical (unpaired) electrons. The van der Waals surface area contributed by atoms with Crippen LogP contribution in [-0.4, -0.2) is 32.7 Å². The Morgan fingerprint density at radius 3 is 2.43 bits per heavy atom. The molecule has 5 nitrogen and oxygen atoms in total. The van der Waals surface area contributed by atoms with Gasteiger partial charge in [-0.1, -0.05) is 23.2 Å². The quantitative estimate of drug-likeness (QED) is 0.579. The van der Waals surface area contributed by atoms with Crippen LogP contribution in [0.25, 0.3) is 11.3 Å². The maximum atomic E-state index is 13.2. The number of anilines is 1. The fourth-order valence-corrected chi connectivity index (χ4v) is 4.03. The first-order chi connectivity index (χ1) is 14.0. The Morgan fingerprint density at radius 1 is 1.03 bits per heavy atom. The molecule has 1 aliphatic rings. The Hall–Kier alpha value is -1.99. The number of hydrogen-bond acceptors (Lipinski definition) is 4. The summed E-state index contributed by atoms with van der Waals surface area (Å²) in [6, 6.07) is 11.3. The predicted molar refractivity (Wildman–Crippen MR) is 111 cm³/mol. The molecule has 3 aromatic rings. The van der Waals surface area contributed by atoms with E-state index >= 15 is 0 Å². The van der Waals surface area contributed by atoms with E-state index in [0.29, 0.717) is 33.6 Å². The number of rotatable bonds is 5. The molecule has 0 spiro atoms.